The molecule has 1 amide bonds. The summed E-state index contributed by atoms with van der Waals surface area (Å²) in [5.74, 6) is 0.375. The molecular weight excluding hydrogens is 370 g/mol. The first-order valence-corrected chi connectivity index (χ1v) is 11.2. The number of hydrogen-bond donors (Lipinski definition) is 0. The largest absolute Gasteiger partial charge is 0.459 e. The summed E-state index contributed by atoms with van der Waals surface area (Å²) in [6.07, 6.45) is 6.59. The molecule has 3 atom stereocenters. The van der Waals surface area contributed by atoms with Crippen LogP contribution in [0.25, 0.3) is 0 Å². The van der Waals surface area contributed by atoms with Crippen LogP contribution in [0.5, 0.6) is 0 Å². The van der Waals surface area contributed by atoms with Crippen molar-refractivity contribution in [3.05, 3.63) is 0 Å². The summed E-state index contributed by atoms with van der Waals surface area (Å²) in [6.45, 7) is 13.3. The summed E-state index contributed by atoms with van der Waals surface area (Å²) in [5.41, 5.74) is -1.92. The molecule has 0 aromatic carbocycles. The minimum Gasteiger partial charge on any atom is -0.459 e. The van der Waals surface area contributed by atoms with Crippen LogP contribution in [-0.4, -0.2) is 46.5 Å². The van der Waals surface area contributed by atoms with E-state index in [4.69, 9.17) is 14.2 Å². The first kappa shape index (κ1) is 22.4. The fourth-order valence-corrected chi connectivity index (χ4v) is 5.12. The second-order valence-corrected chi connectivity index (χ2v) is 11.2. The van der Waals surface area contributed by atoms with Crippen LogP contribution in [0.15, 0.2) is 0 Å². The molecular formula is C23H39NO5. The lowest BCUT2D eigenvalue weighted by Gasteiger charge is -2.37. The smallest absolute Gasteiger partial charge is 0.412 e. The second kappa shape index (κ2) is 7.75. The van der Waals surface area contributed by atoms with Crippen molar-refractivity contribution in [2.45, 2.75) is 123 Å². The molecule has 166 valence electrons. The summed E-state index contributed by atoms with van der Waals surface area (Å²) < 4.78 is 17.9. The third-order valence-electron chi connectivity index (χ3n) is 6.49. The number of esters is 1. The Balaban J connectivity index is 1.88. The van der Waals surface area contributed by atoms with E-state index >= 15 is 0 Å². The minimum absolute atomic E-state index is 0.158. The van der Waals surface area contributed by atoms with Crippen molar-refractivity contribution >= 4 is 12.1 Å². The summed E-state index contributed by atoms with van der Waals surface area (Å²) in [7, 11) is 0. The Labute approximate surface area is 175 Å². The molecule has 1 saturated carbocycles. The Morgan fingerprint density at radius 1 is 1.14 bits per heavy atom. The first-order valence-electron chi connectivity index (χ1n) is 11.2. The van der Waals surface area contributed by atoms with Crippen LogP contribution < -0.4 is 0 Å². The van der Waals surface area contributed by atoms with Gasteiger partial charge in [-0.3, -0.25) is 9.69 Å². The molecule has 0 radical (unpaired) electrons. The van der Waals surface area contributed by atoms with Crippen LogP contribution >= 0.6 is 0 Å². The fraction of sp³-hybridized carbons (Fsp3) is 0.913. The number of rotatable bonds is 3. The SMILES string of the molecule is CC(C)(C)OC(=O)N1[C@@H](CC2CCCCC2)C([C@H]2CC(C)(C)C(=O)O2)OC1(C)C. The predicted octanol–water partition coefficient (Wildman–Crippen LogP) is 5.04. The van der Waals surface area contributed by atoms with E-state index in [-0.39, 0.29) is 30.3 Å². The molecule has 1 unspecified atom stereocenters. The summed E-state index contributed by atoms with van der Waals surface area (Å²) >= 11 is 0. The maximum Gasteiger partial charge on any atom is 0.412 e. The van der Waals surface area contributed by atoms with E-state index in [1.165, 1.54) is 32.1 Å². The molecule has 0 aromatic rings. The van der Waals surface area contributed by atoms with Gasteiger partial charge in [0.05, 0.1) is 11.5 Å². The van der Waals surface area contributed by atoms with Crippen molar-refractivity contribution in [2.75, 3.05) is 0 Å². The zero-order valence-corrected chi connectivity index (χ0v) is 19.2. The molecule has 29 heavy (non-hydrogen) atoms. The first-order chi connectivity index (χ1) is 13.3. The average Bonchev–Trinajstić information content (AvgIpc) is 2.99. The Hall–Kier alpha value is -1.30. The minimum atomic E-state index is -0.814. The molecule has 3 aliphatic rings. The van der Waals surface area contributed by atoms with Crippen LogP contribution in [0, 0.1) is 11.3 Å². The molecule has 6 heteroatoms. The third kappa shape index (κ3) is 4.89. The van der Waals surface area contributed by atoms with Gasteiger partial charge in [0.15, 0.2) is 0 Å². The van der Waals surface area contributed by atoms with E-state index in [0.717, 1.165) is 6.42 Å². The van der Waals surface area contributed by atoms with Gasteiger partial charge in [0.1, 0.15) is 23.5 Å². The predicted molar refractivity (Wildman–Crippen MR) is 110 cm³/mol. The zero-order chi connectivity index (χ0) is 21.6. The van der Waals surface area contributed by atoms with Crippen molar-refractivity contribution < 1.29 is 23.8 Å². The van der Waals surface area contributed by atoms with Gasteiger partial charge < -0.3 is 14.2 Å². The maximum atomic E-state index is 13.2. The van der Waals surface area contributed by atoms with Gasteiger partial charge in [-0.15, -0.1) is 0 Å². The topological polar surface area (TPSA) is 65.1 Å². The van der Waals surface area contributed by atoms with E-state index in [0.29, 0.717) is 12.3 Å². The van der Waals surface area contributed by atoms with Crippen LogP contribution in [0.1, 0.15) is 93.4 Å². The molecule has 0 N–H and O–H groups in total. The van der Waals surface area contributed by atoms with Gasteiger partial charge in [-0.2, -0.15) is 0 Å². The normalized spacial score (nSPS) is 32.3. The van der Waals surface area contributed by atoms with Gasteiger partial charge in [-0.05, 0) is 60.8 Å². The fourth-order valence-electron chi connectivity index (χ4n) is 5.12. The van der Waals surface area contributed by atoms with Crippen LogP contribution in [0.2, 0.25) is 0 Å². The number of carbonyl (C=O) groups is 2. The Kier molecular flexibility index (Phi) is 5.98. The average molecular weight is 410 g/mol. The summed E-state index contributed by atoms with van der Waals surface area (Å²) in [4.78, 5) is 27.3. The van der Waals surface area contributed by atoms with Gasteiger partial charge in [-0.25, -0.2) is 4.79 Å². The van der Waals surface area contributed by atoms with Gasteiger partial charge in [-0.1, -0.05) is 32.1 Å². The van der Waals surface area contributed by atoms with E-state index in [9.17, 15) is 9.59 Å². The molecule has 2 heterocycles. The highest BCUT2D eigenvalue weighted by atomic mass is 16.6. The van der Waals surface area contributed by atoms with Crippen molar-refractivity contribution in [1.29, 1.82) is 0 Å². The highest BCUT2D eigenvalue weighted by Crippen LogP contribution is 2.45. The molecule has 6 nitrogen and oxygen atoms in total. The van der Waals surface area contributed by atoms with Crippen molar-refractivity contribution in [3.63, 3.8) is 0 Å². The Bertz CT molecular complexity index is 630. The highest BCUT2D eigenvalue weighted by molar-refractivity contribution is 5.78. The third-order valence-corrected chi connectivity index (χ3v) is 6.49. The molecule has 0 bridgehead atoms. The number of hydrogen-bond acceptors (Lipinski definition) is 5. The monoisotopic (exact) mass is 409 g/mol. The Morgan fingerprint density at radius 2 is 1.76 bits per heavy atom. The lowest BCUT2D eigenvalue weighted by molar-refractivity contribution is -0.154. The molecule has 0 spiro atoms. The number of nitrogens with zero attached hydrogens (tertiary/aromatic N) is 1. The molecule has 2 aliphatic heterocycles. The van der Waals surface area contributed by atoms with Crippen LogP contribution in [0.3, 0.4) is 0 Å². The van der Waals surface area contributed by atoms with Gasteiger partial charge in [0.2, 0.25) is 0 Å². The van der Waals surface area contributed by atoms with Crippen LogP contribution in [0.4, 0.5) is 4.79 Å². The number of cyclic esters (lactones) is 1. The molecule has 3 rings (SSSR count). The molecule has 0 aromatic heterocycles. The Morgan fingerprint density at radius 3 is 2.28 bits per heavy atom. The van der Waals surface area contributed by atoms with E-state index < -0.39 is 16.7 Å². The highest BCUT2D eigenvalue weighted by Gasteiger charge is 2.57. The quantitative estimate of drug-likeness (QED) is 0.611. The lowest BCUT2D eigenvalue weighted by atomic mass is 9.81. The molecule has 2 saturated heterocycles. The van der Waals surface area contributed by atoms with Crippen molar-refractivity contribution in [3.8, 4) is 0 Å². The summed E-state index contributed by atoms with van der Waals surface area (Å²) in [6, 6.07) is -0.158. The maximum absolute atomic E-state index is 13.2. The van der Waals surface area contributed by atoms with Crippen LogP contribution in [-0.2, 0) is 19.0 Å². The molecule has 1 aliphatic carbocycles. The van der Waals surface area contributed by atoms with Crippen molar-refractivity contribution in [2.24, 2.45) is 11.3 Å². The van der Waals surface area contributed by atoms with Gasteiger partial charge >= 0.3 is 12.1 Å². The van der Waals surface area contributed by atoms with E-state index in [2.05, 4.69) is 0 Å². The van der Waals surface area contributed by atoms with Crippen molar-refractivity contribution in [1.82, 2.24) is 4.90 Å². The second-order valence-electron chi connectivity index (χ2n) is 11.2. The standard InChI is InChI=1S/C23H39NO5/c1-21(2,3)29-20(26)24-16(13-15-11-9-8-10-12-15)18(28-23(24,6)7)17-14-22(4,5)19(25)27-17/h15-18H,8-14H2,1-7H3/t16-,17+,18?/m0/s1. The summed E-state index contributed by atoms with van der Waals surface area (Å²) in [5, 5.41) is 0. The zero-order valence-electron chi connectivity index (χ0n) is 19.2. The molecule has 3 fully saturated rings. The number of carbonyl (C=O) groups excluding carboxylic acids is 2. The number of ether oxygens (including phenoxy) is 3. The van der Waals surface area contributed by atoms with Gasteiger partial charge in [0, 0.05) is 6.42 Å². The van der Waals surface area contributed by atoms with E-state index in [1.807, 2.05) is 48.5 Å². The van der Waals surface area contributed by atoms with Gasteiger partial charge in [0.25, 0.3) is 0 Å². The van der Waals surface area contributed by atoms with E-state index in [1.54, 1.807) is 4.90 Å². The number of amides is 1. The lowest BCUT2D eigenvalue weighted by Crippen LogP contribution is -2.51.